The highest BCUT2D eigenvalue weighted by Gasteiger charge is 2.21. The summed E-state index contributed by atoms with van der Waals surface area (Å²) in [5.74, 6) is 0.363. The molecule has 0 saturated carbocycles. The van der Waals surface area contributed by atoms with Crippen molar-refractivity contribution in [3.8, 4) is 0 Å². The standard InChI is InChI=1S/C15H22N2OS/c1-17(2)14(13-8-9-19-11-13)10-16-15(18)12-6-4-3-5-7-12/h3-4,8-9,11-12,14H,5-7,10H2,1-2H3,(H,16,18)/t12-,14+/m1/s1. The SMILES string of the molecule is CN(C)[C@@H](CNC(=O)[C@@H]1CC=CCC1)c1ccsc1. The van der Waals surface area contributed by atoms with Crippen molar-refractivity contribution < 1.29 is 4.79 Å². The molecule has 1 aromatic heterocycles. The van der Waals surface area contributed by atoms with Gasteiger partial charge in [0.15, 0.2) is 0 Å². The Bertz CT molecular complexity index is 425. The zero-order valence-electron chi connectivity index (χ0n) is 11.6. The van der Waals surface area contributed by atoms with Crippen molar-refractivity contribution in [3.63, 3.8) is 0 Å². The molecule has 1 heterocycles. The molecule has 0 bridgehead atoms. The fourth-order valence-electron chi connectivity index (χ4n) is 2.44. The Balaban J connectivity index is 1.88. The average Bonchev–Trinajstić information content (AvgIpc) is 2.93. The number of thiophene rings is 1. The lowest BCUT2D eigenvalue weighted by atomic mass is 9.93. The third-order valence-electron chi connectivity index (χ3n) is 3.66. The van der Waals surface area contributed by atoms with Crippen molar-refractivity contribution >= 4 is 17.2 Å². The van der Waals surface area contributed by atoms with Crippen molar-refractivity contribution in [2.45, 2.75) is 25.3 Å². The number of hydrogen-bond donors (Lipinski definition) is 1. The van der Waals surface area contributed by atoms with Gasteiger partial charge in [0.2, 0.25) is 5.91 Å². The summed E-state index contributed by atoms with van der Waals surface area (Å²) >= 11 is 1.70. The van der Waals surface area contributed by atoms with Crippen LogP contribution in [0.15, 0.2) is 29.0 Å². The minimum absolute atomic E-state index is 0.162. The minimum Gasteiger partial charge on any atom is -0.354 e. The van der Waals surface area contributed by atoms with Gasteiger partial charge in [0.1, 0.15) is 0 Å². The van der Waals surface area contributed by atoms with Crippen molar-refractivity contribution in [1.82, 2.24) is 10.2 Å². The third-order valence-corrected chi connectivity index (χ3v) is 4.36. The van der Waals surface area contributed by atoms with Crippen LogP contribution in [0.1, 0.15) is 30.9 Å². The van der Waals surface area contributed by atoms with Crippen LogP contribution in [0, 0.1) is 5.92 Å². The summed E-state index contributed by atoms with van der Waals surface area (Å²) in [7, 11) is 4.11. The zero-order chi connectivity index (χ0) is 13.7. The maximum atomic E-state index is 12.1. The number of amides is 1. The van der Waals surface area contributed by atoms with Crippen LogP contribution in [0.4, 0.5) is 0 Å². The first kappa shape index (κ1) is 14.3. The molecule has 0 saturated heterocycles. The van der Waals surface area contributed by atoms with Crippen LogP contribution in [0.2, 0.25) is 0 Å². The van der Waals surface area contributed by atoms with E-state index in [2.05, 4.69) is 53.3 Å². The number of rotatable bonds is 5. The molecule has 2 atom stereocenters. The Labute approximate surface area is 119 Å². The lowest BCUT2D eigenvalue weighted by molar-refractivity contribution is -0.125. The van der Waals surface area contributed by atoms with Crippen molar-refractivity contribution in [1.29, 1.82) is 0 Å². The molecule has 0 fully saturated rings. The number of carbonyl (C=O) groups excluding carboxylic acids is 1. The van der Waals surface area contributed by atoms with E-state index in [1.807, 2.05) is 0 Å². The molecular weight excluding hydrogens is 256 g/mol. The normalized spacial score (nSPS) is 20.5. The Morgan fingerprint density at radius 2 is 2.37 bits per heavy atom. The molecule has 19 heavy (non-hydrogen) atoms. The van der Waals surface area contributed by atoms with E-state index < -0.39 is 0 Å². The van der Waals surface area contributed by atoms with Gasteiger partial charge in [0.05, 0.1) is 6.04 Å². The van der Waals surface area contributed by atoms with Crippen LogP contribution in [0.5, 0.6) is 0 Å². The molecule has 0 radical (unpaired) electrons. The van der Waals surface area contributed by atoms with E-state index >= 15 is 0 Å². The second-order valence-electron chi connectivity index (χ2n) is 5.26. The second kappa shape index (κ2) is 6.87. The zero-order valence-corrected chi connectivity index (χ0v) is 12.5. The van der Waals surface area contributed by atoms with E-state index in [1.165, 1.54) is 5.56 Å². The molecule has 104 valence electrons. The van der Waals surface area contributed by atoms with E-state index in [4.69, 9.17) is 0 Å². The molecule has 1 aliphatic carbocycles. The Hall–Kier alpha value is -1.13. The number of nitrogens with zero attached hydrogens (tertiary/aromatic N) is 1. The van der Waals surface area contributed by atoms with Gasteiger partial charge in [-0.1, -0.05) is 12.2 Å². The van der Waals surface area contributed by atoms with E-state index in [0.717, 1.165) is 19.3 Å². The molecule has 1 aliphatic rings. The van der Waals surface area contributed by atoms with E-state index in [1.54, 1.807) is 11.3 Å². The van der Waals surface area contributed by atoms with E-state index in [9.17, 15) is 4.79 Å². The monoisotopic (exact) mass is 278 g/mol. The molecule has 4 heteroatoms. The molecule has 0 spiro atoms. The first-order chi connectivity index (χ1) is 9.18. The maximum absolute atomic E-state index is 12.1. The summed E-state index contributed by atoms with van der Waals surface area (Å²) in [6, 6.07) is 2.39. The van der Waals surface area contributed by atoms with Gasteiger partial charge in [-0.15, -0.1) is 0 Å². The number of allylic oxidation sites excluding steroid dienone is 2. The number of likely N-dealkylation sites (N-methyl/N-ethyl adjacent to an activating group) is 1. The van der Waals surface area contributed by atoms with Crippen molar-refractivity contribution in [3.05, 3.63) is 34.5 Å². The third kappa shape index (κ3) is 3.91. The smallest absolute Gasteiger partial charge is 0.223 e. The van der Waals surface area contributed by atoms with Crippen LogP contribution in [0.3, 0.4) is 0 Å². The van der Waals surface area contributed by atoms with E-state index in [0.29, 0.717) is 6.54 Å². The summed E-state index contributed by atoms with van der Waals surface area (Å²) in [4.78, 5) is 14.3. The van der Waals surface area contributed by atoms with E-state index in [-0.39, 0.29) is 17.9 Å². The predicted molar refractivity (Wildman–Crippen MR) is 80.2 cm³/mol. The van der Waals surface area contributed by atoms with Gasteiger partial charge in [-0.2, -0.15) is 11.3 Å². The maximum Gasteiger partial charge on any atom is 0.223 e. The summed E-state index contributed by atoms with van der Waals surface area (Å²) in [6.45, 7) is 0.683. The predicted octanol–water partition coefficient (Wildman–Crippen LogP) is 2.82. The topological polar surface area (TPSA) is 32.3 Å². The molecule has 1 N–H and O–H groups in total. The largest absolute Gasteiger partial charge is 0.354 e. The van der Waals surface area contributed by atoms with Gasteiger partial charge >= 0.3 is 0 Å². The van der Waals surface area contributed by atoms with Gasteiger partial charge in [0, 0.05) is 12.5 Å². The quantitative estimate of drug-likeness (QED) is 0.840. The molecule has 2 rings (SSSR count). The van der Waals surface area contributed by atoms with Crippen molar-refractivity contribution in [2.24, 2.45) is 5.92 Å². The van der Waals surface area contributed by atoms with Crippen LogP contribution < -0.4 is 5.32 Å². The average molecular weight is 278 g/mol. The van der Waals surface area contributed by atoms with Gasteiger partial charge in [-0.05, 0) is 55.7 Å². The van der Waals surface area contributed by atoms with Gasteiger partial charge in [-0.3, -0.25) is 4.79 Å². The van der Waals surface area contributed by atoms with Gasteiger partial charge in [0.25, 0.3) is 0 Å². The summed E-state index contributed by atoms with van der Waals surface area (Å²) < 4.78 is 0. The molecule has 0 aliphatic heterocycles. The molecule has 0 aromatic carbocycles. The van der Waals surface area contributed by atoms with Crippen LogP contribution in [0.25, 0.3) is 0 Å². The molecule has 0 unspecified atom stereocenters. The number of nitrogens with one attached hydrogen (secondary N) is 1. The molecule has 1 aromatic rings. The first-order valence-corrected chi connectivity index (χ1v) is 7.74. The Morgan fingerprint density at radius 1 is 1.53 bits per heavy atom. The Morgan fingerprint density at radius 3 is 2.95 bits per heavy atom. The van der Waals surface area contributed by atoms with Crippen molar-refractivity contribution in [2.75, 3.05) is 20.6 Å². The molecule has 1 amide bonds. The highest BCUT2D eigenvalue weighted by Crippen LogP contribution is 2.21. The molecular formula is C15H22N2OS. The highest BCUT2D eigenvalue weighted by molar-refractivity contribution is 7.07. The Kier molecular flexibility index (Phi) is 5.16. The second-order valence-corrected chi connectivity index (χ2v) is 6.04. The fourth-order valence-corrected chi connectivity index (χ4v) is 3.14. The molecule has 3 nitrogen and oxygen atoms in total. The summed E-state index contributed by atoms with van der Waals surface area (Å²) in [5.41, 5.74) is 1.28. The summed E-state index contributed by atoms with van der Waals surface area (Å²) in [6.07, 6.45) is 7.18. The first-order valence-electron chi connectivity index (χ1n) is 6.79. The number of carbonyl (C=O) groups is 1. The van der Waals surface area contributed by atoms with Gasteiger partial charge in [-0.25, -0.2) is 0 Å². The fraction of sp³-hybridized carbons (Fsp3) is 0.533. The van der Waals surface area contributed by atoms with Gasteiger partial charge < -0.3 is 10.2 Å². The van der Waals surface area contributed by atoms with Crippen LogP contribution in [-0.2, 0) is 4.79 Å². The van der Waals surface area contributed by atoms with Crippen LogP contribution in [-0.4, -0.2) is 31.4 Å². The van der Waals surface area contributed by atoms with Crippen LogP contribution >= 0.6 is 11.3 Å². The summed E-state index contributed by atoms with van der Waals surface area (Å²) in [5, 5.41) is 7.35. The number of hydrogen-bond acceptors (Lipinski definition) is 3. The highest BCUT2D eigenvalue weighted by atomic mass is 32.1. The lowest BCUT2D eigenvalue weighted by Gasteiger charge is -2.25. The lowest BCUT2D eigenvalue weighted by Crippen LogP contribution is -2.37. The minimum atomic E-state index is 0.162.